The van der Waals surface area contributed by atoms with Gasteiger partial charge in [-0.15, -0.1) is 11.3 Å². The first-order valence-corrected chi connectivity index (χ1v) is 10.8. The molecule has 1 aliphatic rings. The number of ether oxygens (including phenoxy) is 1. The van der Waals surface area contributed by atoms with Gasteiger partial charge in [0.25, 0.3) is 11.8 Å². The van der Waals surface area contributed by atoms with Crippen LogP contribution in [0.2, 0.25) is 5.02 Å². The molecule has 0 aliphatic carbocycles. The van der Waals surface area contributed by atoms with Gasteiger partial charge in [0, 0.05) is 28.2 Å². The summed E-state index contributed by atoms with van der Waals surface area (Å²) < 4.78 is 5.36. The second kappa shape index (κ2) is 8.86. The number of imide groups is 1. The van der Waals surface area contributed by atoms with E-state index in [9.17, 15) is 14.4 Å². The molecule has 1 aromatic heterocycles. The van der Waals surface area contributed by atoms with Crippen LogP contribution in [0.5, 0.6) is 5.75 Å². The van der Waals surface area contributed by atoms with Gasteiger partial charge in [-0.2, -0.15) is 0 Å². The van der Waals surface area contributed by atoms with Crippen molar-refractivity contribution in [2.24, 2.45) is 0 Å². The highest BCUT2D eigenvalue weighted by Crippen LogP contribution is 2.40. The number of benzene rings is 2. The second-order valence-electron chi connectivity index (χ2n) is 6.87. The predicted molar refractivity (Wildman–Crippen MR) is 126 cm³/mol. The van der Waals surface area contributed by atoms with Gasteiger partial charge in [0.2, 0.25) is 5.91 Å². The zero-order valence-electron chi connectivity index (χ0n) is 17.1. The SMILES string of the molecule is COc1ccc(Cl)cc1N1C(=O)C(Nc2ccc(NC(C)=O)cc2)=C(c2cccs2)C1=O. The molecule has 32 heavy (non-hydrogen) atoms. The Morgan fingerprint density at radius 2 is 1.75 bits per heavy atom. The fourth-order valence-corrected chi connectivity index (χ4v) is 4.27. The Bertz CT molecular complexity index is 1240. The fourth-order valence-electron chi connectivity index (χ4n) is 3.34. The molecule has 0 atom stereocenters. The standard InChI is InChI=1S/C23H18ClN3O4S/c1-13(28)25-15-6-8-16(9-7-15)26-21-20(19-4-3-11-32-19)22(29)27(23(21)30)17-12-14(24)5-10-18(17)31-2/h3-12,26H,1-2H3,(H,25,28). The Balaban J connectivity index is 1.75. The molecule has 2 N–H and O–H groups in total. The Morgan fingerprint density at radius 3 is 2.38 bits per heavy atom. The summed E-state index contributed by atoms with van der Waals surface area (Å²) in [7, 11) is 1.46. The Kier molecular flexibility index (Phi) is 5.98. The van der Waals surface area contributed by atoms with E-state index in [1.54, 1.807) is 42.5 Å². The van der Waals surface area contributed by atoms with Crippen molar-refractivity contribution in [2.75, 3.05) is 22.6 Å². The van der Waals surface area contributed by atoms with E-state index < -0.39 is 11.8 Å². The molecule has 1 aliphatic heterocycles. The van der Waals surface area contributed by atoms with Crippen LogP contribution < -0.4 is 20.3 Å². The molecule has 7 nitrogen and oxygen atoms in total. The van der Waals surface area contributed by atoms with Crippen LogP contribution in [0, 0.1) is 0 Å². The van der Waals surface area contributed by atoms with Gasteiger partial charge < -0.3 is 15.4 Å². The number of methoxy groups -OCH3 is 1. The molecule has 0 unspecified atom stereocenters. The molecular weight excluding hydrogens is 450 g/mol. The minimum absolute atomic E-state index is 0.145. The van der Waals surface area contributed by atoms with Crippen molar-refractivity contribution in [3.8, 4) is 5.75 Å². The molecule has 4 rings (SSSR count). The molecule has 3 amide bonds. The molecule has 0 saturated heterocycles. The van der Waals surface area contributed by atoms with Gasteiger partial charge in [-0.3, -0.25) is 14.4 Å². The predicted octanol–water partition coefficient (Wildman–Crippen LogP) is 4.77. The lowest BCUT2D eigenvalue weighted by atomic mass is 10.1. The maximum atomic E-state index is 13.5. The number of nitrogens with one attached hydrogen (secondary N) is 2. The molecule has 0 saturated carbocycles. The number of nitrogens with zero attached hydrogens (tertiary/aromatic N) is 1. The van der Waals surface area contributed by atoms with Crippen molar-refractivity contribution in [2.45, 2.75) is 6.92 Å². The van der Waals surface area contributed by atoms with Gasteiger partial charge in [-0.25, -0.2) is 4.90 Å². The zero-order chi connectivity index (χ0) is 22.8. The minimum atomic E-state index is -0.523. The highest BCUT2D eigenvalue weighted by atomic mass is 35.5. The summed E-state index contributed by atoms with van der Waals surface area (Å²) in [5.41, 5.74) is 1.88. The van der Waals surface area contributed by atoms with Gasteiger partial charge in [-0.05, 0) is 53.9 Å². The lowest BCUT2D eigenvalue weighted by Gasteiger charge is -2.18. The first-order chi connectivity index (χ1) is 15.4. The van der Waals surface area contributed by atoms with Crippen LogP contribution in [0.3, 0.4) is 0 Å². The van der Waals surface area contributed by atoms with Crippen molar-refractivity contribution in [1.82, 2.24) is 0 Å². The van der Waals surface area contributed by atoms with Gasteiger partial charge in [0.05, 0.1) is 18.4 Å². The number of hydrogen-bond acceptors (Lipinski definition) is 6. The maximum Gasteiger partial charge on any atom is 0.282 e. The van der Waals surface area contributed by atoms with E-state index in [0.29, 0.717) is 27.0 Å². The third kappa shape index (κ3) is 4.10. The fraction of sp³-hybridized carbons (Fsp3) is 0.0870. The Morgan fingerprint density at radius 1 is 1.03 bits per heavy atom. The van der Waals surface area contributed by atoms with Crippen molar-refractivity contribution >= 4 is 63.3 Å². The van der Waals surface area contributed by atoms with Crippen LogP contribution >= 0.6 is 22.9 Å². The number of carbonyl (C=O) groups excluding carboxylic acids is 3. The molecule has 9 heteroatoms. The number of anilines is 3. The number of amides is 3. The summed E-state index contributed by atoms with van der Waals surface area (Å²) in [4.78, 5) is 39.8. The van der Waals surface area contributed by atoms with Crippen molar-refractivity contribution in [1.29, 1.82) is 0 Å². The molecule has 3 aromatic rings. The molecular formula is C23H18ClN3O4S. The summed E-state index contributed by atoms with van der Waals surface area (Å²) in [5, 5.41) is 7.97. The van der Waals surface area contributed by atoms with Crippen LogP contribution in [0.25, 0.3) is 5.57 Å². The monoisotopic (exact) mass is 467 g/mol. The van der Waals surface area contributed by atoms with Crippen molar-refractivity contribution in [3.63, 3.8) is 0 Å². The largest absolute Gasteiger partial charge is 0.495 e. The van der Waals surface area contributed by atoms with E-state index in [1.807, 2.05) is 11.4 Å². The van der Waals surface area contributed by atoms with E-state index >= 15 is 0 Å². The third-order valence-corrected chi connectivity index (χ3v) is 5.83. The second-order valence-corrected chi connectivity index (χ2v) is 8.26. The molecule has 0 fully saturated rings. The normalized spacial score (nSPS) is 13.5. The highest BCUT2D eigenvalue weighted by Gasteiger charge is 2.42. The van der Waals surface area contributed by atoms with Crippen LogP contribution in [0.1, 0.15) is 11.8 Å². The summed E-state index contributed by atoms with van der Waals surface area (Å²) in [5.74, 6) is -0.834. The Labute approximate surface area is 193 Å². The molecule has 0 radical (unpaired) electrons. The summed E-state index contributed by atoms with van der Waals surface area (Å²) in [6.07, 6.45) is 0. The highest BCUT2D eigenvalue weighted by molar-refractivity contribution is 7.11. The van der Waals surface area contributed by atoms with Gasteiger partial charge in [-0.1, -0.05) is 17.7 Å². The lowest BCUT2D eigenvalue weighted by Crippen LogP contribution is -2.32. The Hall–Kier alpha value is -3.62. The average Bonchev–Trinajstić information content (AvgIpc) is 3.36. The van der Waals surface area contributed by atoms with Crippen LogP contribution in [-0.4, -0.2) is 24.8 Å². The first kappa shape index (κ1) is 21.6. The number of rotatable bonds is 6. The molecule has 0 bridgehead atoms. The third-order valence-electron chi connectivity index (χ3n) is 4.71. The average molecular weight is 468 g/mol. The summed E-state index contributed by atoms with van der Waals surface area (Å²) in [6.45, 7) is 1.42. The van der Waals surface area contributed by atoms with Gasteiger partial charge >= 0.3 is 0 Å². The van der Waals surface area contributed by atoms with Crippen LogP contribution in [0.4, 0.5) is 17.1 Å². The zero-order valence-corrected chi connectivity index (χ0v) is 18.7. The molecule has 162 valence electrons. The molecule has 2 aromatic carbocycles. The van der Waals surface area contributed by atoms with Crippen molar-refractivity contribution in [3.05, 3.63) is 75.6 Å². The number of thiophene rings is 1. The topological polar surface area (TPSA) is 87.7 Å². The smallest absolute Gasteiger partial charge is 0.282 e. The van der Waals surface area contributed by atoms with E-state index in [2.05, 4.69) is 10.6 Å². The van der Waals surface area contributed by atoms with E-state index in [1.165, 1.54) is 31.4 Å². The van der Waals surface area contributed by atoms with Gasteiger partial charge in [0.1, 0.15) is 11.4 Å². The number of carbonyl (C=O) groups is 3. The van der Waals surface area contributed by atoms with E-state index in [0.717, 1.165) is 4.90 Å². The van der Waals surface area contributed by atoms with E-state index in [-0.39, 0.29) is 22.9 Å². The van der Waals surface area contributed by atoms with Crippen LogP contribution in [-0.2, 0) is 14.4 Å². The van der Waals surface area contributed by atoms with Crippen LogP contribution in [0.15, 0.2) is 65.7 Å². The lowest BCUT2D eigenvalue weighted by molar-refractivity contribution is -0.120. The summed E-state index contributed by atoms with van der Waals surface area (Å²) in [6, 6.07) is 15.2. The summed E-state index contributed by atoms with van der Waals surface area (Å²) >= 11 is 7.50. The molecule has 0 spiro atoms. The quantitative estimate of drug-likeness (QED) is 0.510. The number of hydrogen-bond donors (Lipinski definition) is 2. The van der Waals surface area contributed by atoms with Crippen molar-refractivity contribution < 1.29 is 19.1 Å². The number of halogens is 1. The first-order valence-electron chi connectivity index (χ1n) is 9.54. The van der Waals surface area contributed by atoms with Gasteiger partial charge in [0.15, 0.2) is 0 Å². The molecule has 2 heterocycles. The maximum absolute atomic E-state index is 13.5. The minimum Gasteiger partial charge on any atom is -0.495 e. The van der Waals surface area contributed by atoms with E-state index in [4.69, 9.17) is 16.3 Å².